The van der Waals surface area contributed by atoms with E-state index < -0.39 is 23.8 Å². The van der Waals surface area contributed by atoms with Crippen molar-refractivity contribution in [3.8, 4) is 0 Å². The van der Waals surface area contributed by atoms with E-state index in [9.17, 15) is 14.4 Å². The molecule has 0 saturated heterocycles. The van der Waals surface area contributed by atoms with Gasteiger partial charge in [0, 0.05) is 0 Å². The molecule has 18 heavy (non-hydrogen) atoms. The molecule has 0 bridgehead atoms. The first-order chi connectivity index (χ1) is 8.56. The molecular weight excluding hydrogens is 236 g/mol. The van der Waals surface area contributed by atoms with Crippen molar-refractivity contribution in [3.63, 3.8) is 0 Å². The Labute approximate surface area is 103 Å². The fourth-order valence-corrected chi connectivity index (χ4v) is 1.83. The first kappa shape index (κ1) is 12.3. The Hall–Kier alpha value is -2.21. The van der Waals surface area contributed by atoms with Crippen molar-refractivity contribution in [3.05, 3.63) is 35.4 Å². The largest absolute Gasteiger partial charge is 0.468 e. The fourth-order valence-electron chi connectivity index (χ4n) is 1.83. The molecule has 2 N–H and O–H groups in total. The third kappa shape index (κ3) is 1.86. The number of ether oxygens (including phenoxy) is 1. The molecule has 2 rings (SSSR count). The summed E-state index contributed by atoms with van der Waals surface area (Å²) in [6.45, 7) is -0.182. The van der Waals surface area contributed by atoms with Gasteiger partial charge in [-0.15, -0.1) is 0 Å². The number of carbonyl (C=O) groups excluding carboxylic acids is 3. The quantitative estimate of drug-likeness (QED) is 0.590. The fraction of sp³-hybridized carbons (Fsp3) is 0.250. The second-order valence-electron chi connectivity index (χ2n) is 3.90. The summed E-state index contributed by atoms with van der Waals surface area (Å²) in [4.78, 5) is 36.1. The van der Waals surface area contributed by atoms with Crippen LogP contribution in [0.25, 0.3) is 0 Å². The highest BCUT2D eigenvalue weighted by Crippen LogP contribution is 2.22. The Kier molecular flexibility index (Phi) is 3.12. The number of benzene rings is 1. The highest BCUT2D eigenvalue weighted by atomic mass is 16.5. The molecule has 2 amide bonds. The van der Waals surface area contributed by atoms with Gasteiger partial charge in [0.15, 0.2) is 0 Å². The summed E-state index contributed by atoms with van der Waals surface area (Å²) in [5.74, 6) is -1.53. The minimum absolute atomic E-state index is 0.182. The maximum atomic E-state index is 12.0. The van der Waals surface area contributed by atoms with Gasteiger partial charge in [-0.1, -0.05) is 12.1 Å². The molecule has 1 unspecified atom stereocenters. The van der Waals surface area contributed by atoms with Crippen LogP contribution in [-0.2, 0) is 9.53 Å². The van der Waals surface area contributed by atoms with Gasteiger partial charge in [0.25, 0.3) is 11.8 Å². The number of imide groups is 1. The van der Waals surface area contributed by atoms with Gasteiger partial charge in [-0.3, -0.25) is 19.3 Å². The molecule has 1 aromatic rings. The Balaban J connectivity index is 2.21. The van der Waals surface area contributed by atoms with Gasteiger partial charge in [-0.2, -0.15) is 0 Å². The smallest absolute Gasteiger partial charge is 0.324 e. The van der Waals surface area contributed by atoms with Gasteiger partial charge in [0.05, 0.1) is 24.8 Å². The summed E-state index contributed by atoms with van der Waals surface area (Å²) in [7, 11) is 1.20. The van der Waals surface area contributed by atoms with Crippen LogP contribution < -0.4 is 5.73 Å². The van der Waals surface area contributed by atoms with Gasteiger partial charge in [-0.05, 0) is 12.1 Å². The van der Waals surface area contributed by atoms with E-state index in [0.29, 0.717) is 11.1 Å². The highest BCUT2D eigenvalue weighted by Gasteiger charge is 2.36. The molecule has 0 radical (unpaired) electrons. The lowest BCUT2D eigenvalue weighted by Gasteiger charge is -2.17. The molecule has 1 heterocycles. The number of nitrogens with two attached hydrogens (primary N) is 1. The molecule has 1 aliphatic rings. The van der Waals surface area contributed by atoms with Crippen LogP contribution in [0.1, 0.15) is 20.7 Å². The van der Waals surface area contributed by atoms with Crippen LogP contribution in [0.5, 0.6) is 0 Å². The molecule has 1 aromatic carbocycles. The van der Waals surface area contributed by atoms with Crippen molar-refractivity contribution in [1.82, 2.24) is 4.90 Å². The van der Waals surface area contributed by atoms with Crippen molar-refractivity contribution in [2.45, 2.75) is 6.04 Å². The minimum atomic E-state index is -1.03. The molecule has 1 aliphatic heterocycles. The number of fused-ring (bicyclic) bond motifs is 1. The van der Waals surface area contributed by atoms with Gasteiger partial charge >= 0.3 is 5.97 Å². The Bertz CT molecular complexity index is 492. The normalized spacial score (nSPS) is 15.6. The molecule has 6 nitrogen and oxygen atoms in total. The van der Waals surface area contributed by atoms with E-state index in [0.717, 1.165) is 4.90 Å². The lowest BCUT2D eigenvalue weighted by atomic mass is 10.1. The standard InChI is InChI=1S/C12H12N2O4/c1-18-12(17)9(13)6-14-10(15)7-4-2-3-5-8(7)11(14)16/h2-5,9H,6,13H2,1H3. The van der Waals surface area contributed by atoms with E-state index in [-0.39, 0.29) is 6.54 Å². The monoisotopic (exact) mass is 248 g/mol. The number of esters is 1. The summed E-state index contributed by atoms with van der Waals surface area (Å²) < 4.78 is 4.46. The lowest BCUT2D eigenvalue weighted by Crippen LogP contribution is -2.45. The maximum absolute atomic E-state index is 12.0. The third-order valence-electron chi connectivity index (χ3n) is 2.76. The van der Waals surface area contributed by atoms with Gasteiger partial charge in [0.1, 0.15) is 6.04 Å². The molecule has 6 heteroatoms. The SMILES string of the molecule is COC(=O)C(N)CN1C(=O)c2ccccc2C1=O. The van der Waals surface area contributed by atoms with E-state index in [1.807, 2.05) is 0 Å². The average molecular weight is 248 g/mol. The van der Waals surface area contributed by atoms with E-state index >= 15 is 0 Å². The minimum Gasteiger partial charge on any atom is -0.468 e. The van der Waals surface area contributed by atoms with E-state index in [1.165, 1.54) is 7.11 Å². The van der Waals surface area contributed by atoms with Crippen molar-refractivity contribution in [1.29, 1.82) is 0 Å². The van der Waals surface area contributed by atoms with Crippen molar-refractivity contribution < 1.29 is 19.1 Å². The zero-order valence-electron chi connectivity index (χ0n) is 9.75. The summed E-state index contributed by atoms with van der Waals surface area (Å²) in [5, 5.41) is 0. The van der Waals surface area contributed by atoms with Gasteiger partial charge < -0.3 is 10.5 Å². The van der Waals surface area contributed by atoms with E-state index in [2.05, 4.69) is 4.74 Å². The Morgan fingerprint density at radius 2 is 1.78 bits per heavy atom. The Morgan fingerprint density at radius 3 is 2.22 bits per heavy atom. The molecule has 0 spiro atoms. The predicted molar refractivity (Wildman–Crippen MR) is 61.8 cm³/mol. The van der Waals surface area contributed by atoms with Gasteiger partial charge in [0.2, 0.25) is 0 Å². The number of hydrogen-bond donors (Lipinski definition) is 1. The zero-order valence-corrected chi connectivity index (χ0v) is 9.75. The van der Waals surface area contributed by atoms with Crippen molar-refractivity contribution >= 4 is 17.8 Å². The van der Waals surface area contributed by atoms with Crippen LogP contribution in [0.15, 0.2) is 24.3 Å². The number of rotatable bonds is 3. The molecule has 0 saturated carbocycles. The number of hydrogen-bond acceptors (Lipinski definition) is 5. The molecule has 94 valence electrons. The van der Waals surface area contributed by atoms with Crippen molar-refractivity contribution in [2.75, 3.05) is 13.7 Å². The summed E-state index contributed by atoms with van der Waals surface area (Å²) in [6, 6.07) is 5.46. The summed E-state index contributed by atoms with van der Waals surface area (Å²) in [5.41, 5.74) is 6.21. The first-order valence-corrected chi connectivity index (χ1v) is 5.35. The summed E-state index contributed by atoms with van der Waals surface area (Å²) in [6.07, 6.45) is 0. The van der Waals surface area contributed by atoms with Crippen LogP contribution in [-0.4, -0.2) is 42.4 Å². The lowest BCUT2D eigenvalue weighted by molar-refractivity contribution is -0.142. The average Bonchev–Trinajstić information content (AvgIpc) is 2.63. The number of carbonyl (C=O) groups is 3. The number of nitrogens with zero attached hydrogens (tertiary/aromatic N) is 1. The number of methoxy groups -OCH3 is 1. The maximum Gasteiger partial charge on any atom is 0.324 e. The molecule has 0 aliphatic carbocycles. The predicted octanol–water partition coefficient (Wildman–Crippen LogP) is -0.217. The van der Waals surface area contributed by atoms with E-state index in [4.69, 9.17) is 5.73 Å². The van der Waals surface area contributed by atoms with E-state index in [1.54, 1.807) is 24.3 Å². The van der Waals surface area contributed by atoms with Crippen LogP contribution in [0.2, 0.25) is 0 Å². The molecule has 0 aromatic heterocycles. The van der Waals surface area contributed by atoms with Gasteiger partial charge in [-0.25, -0.2) is 0 Å². The van der Waals surface area contributed by atoms with Crippen LogP contribution >= 0.6 is 0 Å². The third-order valence-corrected chi connectivity index (χ3v) is 2.76. The molecular formula is C12H12N2O4. The number of amides is 2. The second kappa shape index (κ2) is 4.58. The highest BCUT2D eigenvalue weighted by molar-refractivity contribution is 6.21. The first-order valence-electron chi connectivity index (χ1n) is 5.35. The molecule has 1 atom stereocenters. The van der Waals surface area contributed by atoms with Crippen LogP contribution in [0.3, 0.4) is 0 Å². The zero-order chi connectivity index (χ0) is 13.3. The Morgan fingerprint density at radius 1 is 1.28 bits per heavy atom. The molecule has 0 fully saturated rings. The van der Waals surface area contributed by atoms with Crippen LogP contribution in [0, 0.1) is 0 Å². The topological polar surface area (TPSA) is 89.7 Å². The van der Waals surface area contributed by atoms with Crippen LogP contribution in [0.4, 0.5) is 0 Å². The second-order valence-corrected chi connectivity index (χ2v) is 3.90. The van der Waals surface area contributed by atoms with Crippen molar-refractivity contribution in [2.24, 2.45) is 5.73 Å². The summed E-state index contributed by atoms with van der Waals surface area (Å²) >= 11 is 0.